The molecule has 0 aromatic heterocycles. The third-order valence-corrected chi connectivity index (χ3v) is 5.89. The monoisotopic (exact) mass is 558 g/mol. The number of aliphatic carboxylic acids is 4. The van der Waals surface area contributed by atoms with Crippen molar-refractivity contribution in [2.45, 2.75) is 36.2 Å². The molecule has 0 rings (SSSR count). The van der Waals surface area contributed by atoms with Gasteiger partial charge in [0.2, 0.25) is 10.5 Å². The molecule has 174 valence electrons. The number of rotatable bonds is 13. The number of hydrogen-bond donors (Lipinski definition) is 4. The van der Waals surface area contributed by atoms with Crippen molar-refractivity contribution in [1.29, 1.82) is 0 Å². The van der Waals surface area contributed by atoms with Crippen molar-refractivity contribution in [3.05, 3.63) is 0 Å². The van der Waals surface area contributed by atoms with E-state index in [0.717, 1.165) is 0 Å². The van der Waals surface area contributed by atoms with Crippen LogP contribution in [0.4, 0.5) is 0 Å². The molecule has 0 bridgehead atoms. The van der Waals surface area contributed by atoms with Gasteiger partial charge in [-0.2, -0.15) is 16.8 Å². The molecule has 0 aliphatic carbocycles. The molecule has 2 atom stereocenters. The molecule has 0 saturated heterocycles. The van der Waals surface area contributed by atoms with Crippen LogP contribution in [0.2, 0.25) is 0 Å². The van der Waals surface area contributed by atoms with Gasteiger partial charge in [-0.15, -0.1) is 0 Å². The predicted octanol–water partition coefficient (Wildman–Crippen LogP) is -3.93. The van der Waals surface area contributed by atoms with Crippen LogP contribution in [0, 0.1) is 0 Å². The first-order chi connectivity index (χ1) is 13.5. The maximum absolute atomic E-state index is 11.6. The molecule has 32 heavy (non-hydrogen) atoms. The van der Waals surface area contributed by atoms with Gasteiger partial charge in [-0.25, -0.2) is 0 Å². The molecule has 2 unspecified atom stereocenters. The van der Waals surface area contributed by atoms with E-state index in [1.165, 1.54) is 0 Å². The van der Waals surface area contributed by atoms with E-state index >= 15 is 0 Å². The fourth-order valence-electron chi connectivity index (χ4n) is 1.61. The molecule has 0 aliphatic heterocycles. The second-order valence-corrected chi connectivity index (χ2v) is 8.69. The topological polar surface area (TPSA) is 270 Å². The van der Waals surface area contributed by atoms with Crippen LogP contribution in [0.25, 0.3) is 0 Å². The van der Waals surface area contributed by atoms with Crippen molar-refractivity contribution in [1.82, 2.24) is 0 Å². The summed E-state index contributed by atoms with van der Waals surface area (Å²) in [5, 5.41) is 29.1. The van der Waals surface area contributed by atoms with E-state index in [0.29, 0.717) is 0 Å². The van der Waals surface area contributed by atoms with E-state index < -0.39 is 92.2 Å². The summed E-state index contributed by atoms with van der Waals surface area (Å²) >= 11 is 0. The van der Waals surface area contributed by atoms with Crippen LogP contribution in [0.15, 0.2) is 0 Å². The van der Waals surface area contributed by atoms with Crippen LogP contribution in [0.5, 0.6) is 0 Å². The zero-order chi connectivity index (χ0) is 23.9. The van der Waals surface area contributed by atoms with Crippen molar-refractivity contribution in [2.24, 2.45) is 0 Å². The third-order valence-electron chi connectivity index (χ3n) is 2.92. The molecule has 0 aromatic rings. The summed E-state index contributed by atoms with van der Waals surface area (Å²) in [7, 11) is -10.6. The first kappa shape index (κ1) is 36.6. The van der Waals surface area contributed by atoms with Crippen molar-refractivity contribution in [3.63, 3.8) is 0 Å². The van der Waals surface area contributed by atoms with Crippen LogP contribution >= 0.6 is 0 Å². The van der Waals surface area contributed by atoms with Gasteiger partial charge >= 0.3 is 159 Å². The zero-order valence-corrected chi connectivity index (χ0v) is 16.1. The summed E-state index contributed by atoms with van der Waals surface area (Å²) in [6, 6.07) is 0. The van der Waals surface area contributed by atoms with Crippen LogP contribution in [0.1, 0.15) is 25.7 Å². The second-order valence-electron chi connectivity index (χ2n) is 5.25. The Morgan fingerprint density at radius 3 is 1.03 bits per heavy atom. The number of carbonyl (C=O) groups excluding carboxylic acids is 2. The van der Waals surface area contributed by atoms with E-state index in [9.17, 15) is 45.6 Å². The first-order valence-electron chi connectivity index (χ1n) is 7.31. The molecule has 0 spiro atoms. The molecule has 0 fully saturated rings. The zero-order valence-electron chi connectivity index (χ0n) is 14.5. The fraction of sp³-hybridized carbons (Fsp3) is 0.500. The van der Waals surface area contributed by atoms with Crippen LogP contribution in [0.3, 0.4) is 0 Å². The van der Waals surface area contributed by atoms with Gasteiger partial charge in [0.15, 0.2) is 0 Å². The Balaban J connectivity index is -0.00000420. The van der Waals surface area contributed by atoms with Crippen molar-refractivity contribution in [2.75, 3.05) is 0 Å². The van der Waals surface area contributed by atoms with Crippen molar-refractivity contribution >= 4 is 159 Å². The van der Waals surface area contributed by atoms with Crippen LogP contribution < -0.4 is 0 Å². The summed E-state index contributed by atoms with van der Waals surface area (Å²) in [5.41, 5.74) is 0. The summed E-state index contributed by atoms with van der Waals surface area (Å²) in [6.45, 7) is 0. The predicted molar refractivity (Wildman–Crippen MR) is 101 cm³/mol. The first-order valence-corrected chi connectivity index (χ1v) is 10.2. The van der Waals surface area contributed by atoms with E-state index in [-0.39, 0.29) is 103 Å². The average Bonchev–Trinajstić information content (AvgIpc) is 2.53. The minimum atomic E-state index is -5.28. The van der Waals surface area contributed by atoms with Crippen molar-refractivity contribution in [3.8, 4) is 0 Å². The Morgan fingerprint density at radius 2 is 0.844 bits per heavy atom. The maximum atomic E-state index is 11.6. The molecule has 4 N–H and O–H groups in total. The van der Waals surface area contributed by atoms with Crippen molar-refractivity contribution < 1.29 is 74.4 Å². The third kappa shape index (κ3) is 13.6. The Kier molecular flexibility index (Phi) is 18.1. The van der Waals surface area contributed by atoms with Gasteiger partial charge in [0.25, 0.3) is 0 Å². The number of carboxylic acids is 4. The molecule has 0 amide bonds. The summed E-state index contributed by atoms with van der Waals surface area (Å²) in [6.07, 6.45) is -5.29. The average molecular weight is 559 g/mol. The number of carbonyl (C=O) groups is 6. The van der Waals surface area contributed by atoms with Gasteiger partial charge in [-0.1, -0.05) is 0 Å². The minimum absolute atomic E-state index is 0. The molecule has 0 aliphatic rings. The molecule has 0 radical (unpaired) electrons. The molecule has 0 saturated carbocycles. The van der Waals surface area contributed by atoms with Crippen LogP contribution in [-0.4, -0.2) is 186 Å². The Bertz CT molecular complexity index is 876. The van der Waals surface area contributed by atoms with Gasteiger partial charge in [0.05, 0.1) is 25.7 Å². The van der Waals surface area contributed by atoms with Gasteiger partial charge in [0.1, 0.15) is 0 Å². The fourth-order valence-corrected chi connectivity index (χ4v) is 3.71. The Morgan fingerprint density at radius 1 is 0.594 bits per heavy atom. The van der Waals surface area contributed by atoms with Crippen LogP contribution in [-0.2, 0) is 57.4 Å². The molecule has 0 heterocycles. The summed E-state index contributed by atoms with van der Waals surface area (Å²) in [5.74, 6) is -11.5. The van der Waals surface area contributed by atoms with E-state index in [1.54, 1.807) is 0 Å². The number of carboxylic acid groups (broad SMARTS) is 4. The Labute approximate surface area is 265 Å². The number of hydrogen-bond acceptors (Lipinski definition) is 12. The van der Waals surface area contributed by atoms with E-state index in [2.05, 4.69) is 8.37 Å². The SMILES string of the molecule is O=C(O)CC(C(=O)O)S(=O)(=O)OC(=O)CCC(=O)OS(=O)(=O)C(CC(=O)O)C(=O)O.[KH].[KH]. The van der Waals surface area contributed by atoms with E-state index in [4.69, 9.17) is 20.4 Å². The quantitative estimate of drug-likeness (QED) is 0.124. The van der Waals surface area contributed by atoms with Gasteiger partial charge < -0.3 is 28.8 Å². The summed E-state index contributed by atoms with van der Waals surface area (Å²) < 4.78 is 54.2. The van der Waals surface area contributed by atoms with Gasteiger partial charge in [-0.05, 0) is 0 Å². The molecule has 16 nitrogen and oxygen atoms in total. The molecule has 0 aromatic carbocycles. The second kappa shape index (κ2) is 15.8. The molecular formula is C12H16K2O16S2. The molecule has 20 heteroatoms. The van der Waals surface area contributed by atoms with Gasteiger partial charge in [-0.3, -0.25) is 28.8 Å². The van der Waals surface area contributed by atoms with E-state index in [1.807, 2.05) is 0 Å². The summed E-state index contributed by atoms with van der Waals surface area (Å²) in [4.78, 5) is 65.5. The van der Waals surface area contributed by atoms with Gasteiger partial charge in [0, 0.05) is 0 Å². The molecular weight excluding hydrogens is 542 g/mol. The standard InChI is InChI=1S/C12H14O16S2.2K.2H/c13-7(14)3-5(11(19)20)29(23,24)27-9(17)1-2-10(18)28-30(25,26)6(12(21)22)4-8(15)16;;;;/h5-6H,1-4H2,(H,13,14)(H,15,16)(H,19,20)(H,21,22);;;;. The Hall–Kier alpha value is -0.00727. The normalized spacial score (nSPS) is 12.6.